The molecule has 0 aromatic carbocycles. The maximum absolute atomic E-state index is 3.69. The molecule has 0 aromatic heterocycles. The van der Waals surface area contributed by atoms with Crippen molar-refractivity contribution < 1.29 is 7.50 Å². The Balaban J connectivity index is 3.34. The van der Waals surface area contributed by atoms with E-state index in [4.69, 9.17) is 0 Å². The second-order valence-corrected chi connectivity index (χ2v) is 103. The monoisotopic (exact) mass is 602 g/mol. The summed E-state index contributed by atoms with van der Waals surface area (Å²) in [6.07, 6.45) is 2.03. The average Bonchev–Trinajstić information content (AvgIpc) is 1.30. The number of hydrogen-bond donors (Lipinski definition) is 0. The minimum absolute atomic E-state index is 1.29. The van der Waals surface area contributed by atoms with Crippen molar-refractivity contribution in [2.24, 2.45) is 0 Å². The Morgan fingerprint density at radius 1 is 1.43 bits per heavy atom. The van der Waals surface area contributed by atoms with E-state index in [0.29, 0.717) is 0 Å². The summed E-state index contributed by atoms with van der Waals surface area (Å²) >= 11 is 7.80. The predicted molar refractivity (Wildman–Crippen MR) is 57.1 cm³/mol. The summed E-state index contributed by atoms with van der Waals surface area (Å²) in [5, 5.41) is 0. The molecule has 0 fully saturated rings. The zero-order valence-corrected chi connectivity index (χ0v) is 13.7. The molecule has 0 rings (SSSR count). The second kappa shape index (κ2) is 4.59. The Kier molecular flexibility index (Phi) is 6.43. The van der Waals surface area contributed by atoms with Gasteiger partial charge in [-0.2, -0.15) is 0 Å². The number of allylic oxidation sites excluding steroid dienone is 1. The molecular weight excluding hydrogens is 595 g/mol. The van der Waals surface area contributed by atoms with Crippen LogP contribution in [-0.2, 0) is 7.50 Å². The molecule has 4 heteroatoms. The zero-order valence-electron chi connectivity index (χ0n) is 3.63. The summed E-state index contributed by atoms with van der Waals surface area (Å²) in [5.41, 5.74) is 0. The van der Waals surface area contributed by atoms with E-state index >= 15 is 0 Å². The second-order valence-electron chi connectivity index (χ2n) is 1.11. The van der Waals surface area contributed by atoms with Gasteiger partial charge in [0.15, 0.2) is 0 Å². The zero-order chi connectivity index (χ0) is 5.91. The summed E-state index contributed by atoms with van der Waals surface area (Å²) in [5.74, 6) is 0. The van der Waals surface area contributed by atoms with Crippen LogP contribution in [0.25, 0.3) is 0 Å². The quantitative estimate of drug-likeness (QED) is 0.257. The fourth-order valence-corrected chi connectivity index (χ4v) is 8.99. The van der Waals surface area contributed by atoms with Gasteiger partial charge in [-0.05, 0) is 0 Å². The van der Waals surface area contributed by atoms with Crippen LogP contribution in [-0.4, -0.2) is 0 Å². The van der Waals surface area contributed by atoms with Crippen molar-refractivity contribution in [3.8, 4) is 0 Å². The molecule has 0 bridgehead atoms. The van der Waals surface area contributed by atoms with Crippen LogP contribution in [0.2, 0.25) is 4.18 Å². The van der Waals surface area contributed by atoms with Crippen LogP contribution in [0, 0.1) is 0 Å². The third-order valence-electron chi connectivity index (χ3n) is 0.376. The van der Waals surface area contributed by atoms with Crippen molar-refractivity contribution in [3.63, 3.8) is 0 Å². The third kappa shape index (κ3) is 8.80. The van der Waals surface area contributed by atoms with Crippen molar-refractivity contribution >= 4 is 54.4 Å². The molecule has 0 heterocycles. The molecule has 7 heavy (non-hydrogen) atoms. The summed E-state index contributed by atoms with van der Waals surface area (Å²) in [6.45, 7) is 3.69. The standard InChI is InChI=1S/C3H5.Hf.3HI/c1-3-2;;;;/h3H,1-2H2;;3*1H/q;+3;;;/p-3. The van der Waals surface area contributed by atoms with Crippen LogP contribution >= 0.6 is 54.4 Å². The van der Waals surface area contributed by atoms with Gasteiger partial charge in [-0.3, -0.25) is 0 Å². The van der Waals surface area contributed by atoms with Crippen LogP contribution < -0.4 is 0 Å². The van der Waals surface area contributed by atoms with Gasteiger partial charge in [-0.25, -0.2) is 0 Å². The van der Waals surface area contributed by atoms with Gasteiger partial charge < -0.3 is 0 Å². The van der Waals surface area contributed by atoms with E-state index < -0.39 is 7.50 Å². The van der Waals surface area contributed by atoms with E-state index in [1.54, 1.807) is 0 Å². The first kappa shape index (κ1) is 9.80. The Morgan fingerprint density at radius 3 is 1.86 bits per heavy atom. The fourth-order valence-electron chi connectivity index (χ4n) is 0.164. The van der Waals surface area contributed by atoms with E-state index in [2.05, 4.69) is 61.0 Å². The number of hydrogen-bond acceptors (Lipinski definition) is 0. The molecule has 0 amide bonds. The van der Waals surface area contributed by atoms with Gasteiger partial charge in [-0.15, -0.1) is 0 Å². The molecule has 0 atom stereocenters. The summed E-state index contributed by atoms with van der Waals surface area (Å²) < 4.78 is 1.29. The average molecular weight is 600 g/mol. The van der Waals surface area contributed by atoms with E-state index in [9.17, 15) is 0 Å². The molecule has 0 aliphatic carbocycles. The Bertz CT molecular complexity index is 65.1. The van der Waals surface area contributed by atoms with E-state index in [0.717, 1.165) is 0 Å². The number of halogens is 3. The maximum atomic E-state index is 3.69. The van der Waals surface area contributed by atoms with Crippen LogP contribution in [0.5, 0.6) is 0 Å². The molecule has 42 valence electrons. The molecule has 0 unspecified atom stereocenters. The van der Waals surface area contributed by atoms with Gasteiger partial charge in [0.05, 0.1) is 0 Å². The van der Waals surface area contributed by atoms with E-state index in [1.165, 1.54) is 4.18 Å². The van der Waals surface area contributed by atoms with Crippen molar-refractivity contribution in [3.05, 3.63) is 12.7 Å². The number of rotatable bonds is 2. The molecular formula is C3H5HfI3. The van der Waals surface area contributed by atoms with E-state index in [-0.39, 0.29) is 0 Å². The first-order valence-corrected chi connectivity index (χ1v) is 34.8. The minimum atomic E-state index is -1.59. The summed E-state index contributed by atoms with van der Waals surface area (Å²) in [7, 11) is -1.59. The SMILES string of the molecule is C=C[CH2][Hf]([I])([I])[I]. The van der Waals surface area contributed by atoms with Gasteiger partial charge in [0.1, 0.15) is 0 Å². The summed E-state index contributed by atoms with van der Waals surface area (Å²) in [4.78, 5) is 0. The van der Waals surface area contributed by atoms with Crippen LogP contribution in [0.1, 0.15) is 0 Å². The van der Waals surface area contributed by atoms with Gasteiger partial charge in [0.25, 0.3) is 0 Å². The van der Waals surface area contributed by atoms with Gasteiger partial charge >= 0.3 is 78.7 Å². The molecule has 0 N–H and O–H groups in total. The summed E-state index contributed by atoms with van der Waals surface area (Å²) in [6, 6.07) is 0. The van der Waals surface area contributed by atoms with Crippen LogP contribution in [0.15, 0.2) is 12.7 Å². The Labute approximate surface area is 76.5 Å². The predicted octanol–water partition coefficient (Wildman–Crippen LogP) is 3.79. The molecule has 0 aliphatic heterocycles. The van der Waals surface area contributed by atoms with Crippen molar-refractivity contribution in [2.45, 2.75) is 4.18 Å². The first-order chi connectivity index (χ1) is 3.06. The van der Waals surface area contributed by atoms with Crippen molar-refractivity contribution in [2.75, 3.05) is 0 Å². The van der Waals surface area contributed by atoms with Crippen molar-refractivity contribution in [1.29, 1.82) is 0 Å². The fraction of sp³-hybridized carbons (Fsp3) is 0.333. The van der Waals surface area contributed by atoms with Crippen molar-refractivity contribution in [1.82, 2.24) is 0 Å². The molecule has 0 aliphatic rings. The normalized spacial score (nSPS) is 11.3. The molecule has 0 aromatic rings. The Morgan fingerprint density at radius 2 is 1.86 bits per heavy atom. The van der Waals surface area contributed by atoms with Crippen LogP contribution in [0.3, 0.4) is 0 Å². The third-order valence-corrected chi connectivity index (χ3v) is 13.9. The first-order valence-electron chi connectivity index (χ1n) is 1.74. The topological polar surface area (TPSA) is 0 Å². The van der Waals surface area contributed by atoms with Crippen LogP contribution in [0.4, 0.5) is 0 Å². The molecule has 0 saturated heterocycles. The molecule has 0 nitrogen and oxygen atoms in total. The van der Waals surface area contributed by atoms with Gasteiger partial charge in [0.2, 0.25) is 0 Å². The Hall–Kier alpha value is 2.80. The van der Waals surface area contributed by atoms with Gasteiger partial charge in [0, 0.05) is 0 Å². The molecule has 0 saturated carbocycles. The van der Waals surface area contributed by atoms with Gasteiger partial charge in [-0.1, -0.05) is 0 Å². The van der Waals surface area contributed by atoms with E-state index in [1.807, 2.05) is 6.08 Å². The molecule has 0 radical (unpaired) electrons. The molecule has 0 spiro atoms.